The number of benzene rings is 2. The summed E-state index contributed by atoms with van der Waals surface area (Å²) in [5.41, 5.74) is 1.44. The van der Waals surface area contributed by atoms with Crippen LogP contribution in [0.1, 0.15) is 37.6 Å². The number of carbonyl (C=O) groups is 2. The number of nitrogens with one attached hydrogen (secondary N) is 2. The number of hydrogen-bond donors (Lipinski definition) is 2. The molecule has 0 spiro atoms. The van der Waals surface area contributed by atoms with E-state index in [1.54, 1.807) is 30.5 Å². The van der Waals surface area contributed by atoms with E-state index in [0.717, 1.165) is 16.7 Å². The fourth-order valence-corrected chi connectivity index (χ4v) is 2.81. The zero-order chi connectivity index (χ0) is 21.6. The summed E-state index contributed by atoms with van der Waals surface area (Å²) in [4.78, 5) is 28.9. The van der Waals surface area contributed by atoms with E-state index >= 15 is 0 Å². The van der Waals surface area contributed by atoms with Crippen molar-refractivity contribution in [3.63, 3.8) is 0 Å². The number of para-hydroxylation sites is 1. The summed E-state index contributed by atoms with van der Waals surface area (Å²) in [6.45, 7) is 6.48. The highest BCUT2D eigenvalue weighted by Crippen LogP contribution is 2.23. The molecule has 30 heavy (non-hydrogen) atoms. The van der Waals surface area contributed by atoms with E-state index in [0.29, 0.717) is 30.8 Å². The smallest absolute Gasteiger partial charge is 0.251 e. The minimum atomic E-state index is -0.502. The van der Waals surface area contributed by atoms with E-state index in [2.05, 4.69) is 15.6 Å². The molecule has 0 fully saturated rings. The number of nitrogens with zero attached hydrogens (tertiary/aromatic N) is 1. The first-order valence-electron chi connectivity index (χ1n) is 10.0. The SMILES string of the molecule is CC(C)(C)C(=O)Nc1cccc(C(=O)NCCCOc2cccc3cccnc23)c1. The number of anilines is 1. The van der Waals surface area contributed by atoms with Crippen LogP contribution in [0.3, 0.4) is 0 Å². The molecule has 3 rings (SSSR count). The summed E-state index contributed by atoms with van der Waals surface area (Å²) < 4.78 is 5.84. The Balaban J connectivity index is 1.48. The lowest BCUT2D eigenvalue weighted by atomic mass is 9.95. The van der Waals surface area contributed by atoms with Crippen molar-refractivity contribution < 1.29 is 14.3 Å². The van der Waals surface area contributed by atoms with Crippen LogP contribution in [-0.4, -0.2) is 29.9 Å². The van der Waals surface area contributed by atoms with Crippen LogP contribution in [0.15, 0.2) is 60.8 Å². The van der Waals surface area contributed by atoms with Gasteiger partial charge in [-0.2, -0.15) is 0 Å². The monoisotopic (exact) mass is 405 g/mol. The fraction of sp³-hybridized carbons (Fsp3) is 0.292. The van der Waals surface area contributed by atoms with Gasteiger partial charge in [-0.05, 0) is 36.8 Å². The molecule has 0 atom stereocenters. The third-order valence-corrected chi connectivity index (χ3v) is 4.52. The van der Waals surface area contributed by atoms with Gasteiger partial charge in [0, 0.05) is 34.8 Å². The number of amides is 2. The zero-order valence-corrected chi connectivity index (χ0v) is 17.6. The predicted molar refractivity (Wildman–Crippen MR) is 119 cm³/mol. The summed E-state index contributed by atoms with van der Waals surface area (Å²) >= 11 is 0. The van der Waals surface area contributed by atoms with Gasteiger partial charge in [0.25, 0.3) is 5.91 Å². The second kappa shape index (κ2) is 9.39. The van der Waals surface area contributed by atoms with Crippen LogP contribution in [0.25, 0.3) is 10.9 Å². The van der Waals surface area contributed by atoms with Crippen molar-refractivity contribution in [1.29, 1.82) is 0 Å². The summed E-state index contributed by atoms with van der Waals surface area (Å²) in [6.07, 6.45) is 2.41. The number of pyridine rings is 1. The van der Waals surface area contributed by atoms with Crippen LogP contribution in [0.2, 0.25) is 0 Å². The van der Waals surface area contributed by atoms with Crippen LogP contribution in [-0.2, 0) is 4.79 Å². The highest BCUT2D eigenvalue weighted by molar-refractivity contribution is 5.98. The molecule has 0 radical (unpaired) electrons. The maximum atomic E-state index is 12.4. The Kier molecular flexibility index (Phi) is 6.67. The van der Waals surface area contributed by atoms with Crippen molar-refractivity contribution in [1.82, 2.24) is 10.3 Å². The van der Waals surface area contributed by atoms with Crippen LogP contribution in [0.4, 0.5) is 5.69 Å². The number of hydrogen-bond acceptors (Lipinski definition) is 4. The standard InChI is InChI=1S/C24H27N3O3/c1-24(2,3)23(29)27-19-11-4-9-18(16-19)22(28)26-14-7-15-30-20-12-5-8-17-10-6-13-25-21(17)20/h4-6,8-13,16H,7,14-15H2,1-3H3,(H,26,28)(H,27,29). The third kappa shape index (κ3) is 5.56. The summed E-state index contributed by atoms with van der Waals surface area (Å²) in [5, 5.41) is 6.76. The topological polar surface area (TPSA) is 80.3 Å². The molecule has 1 aromatic heterocycles. The first kappa shape index (κ1) is 21.3. The summed E-state index contributed by atoms with van der Waals surface area (Å²) in [5.74, 6) is 0.454. The summed E-state index contributed by atoms with van der Waals surface area (Å²) in [7, 11) is 0. The summed E-state index contributed by atoms with van der Waals surface area (Å²) in [6, 6.07) is 16.6. The minimum Gasteiger partial charge on any atom is -0.491 e. The first-order chi connectivity index (χ1) is 14.3. The molecule has 6 heteroatoms. The van der Waals surface area contributed by atoms with Crippen molar-refractivity contribution in [2.45, 2.75) is 27.2 Å². The predicted octanol–water partition coefficient (Wildman–Crippen LogP) is 4.42. The Bertz CT molecular complexity index is 1040. The largest absolute Gasteiger partial charge is 0.491 e. The van der Waals surface area contributed by atoms with Gasteiger partial charge in [0.1, 0.15) is 11.3 Å². The van der Waals surface area contributed by atoms with Gasteiger partial charge < -0.3 is 15.4 Å². The van der Waals surface area contributed by atoms with Gasteiger partial charge in [-0.25, -0.2) is 0 Å². The molecule has 0 bridgehead atoms. The molecule has 6 nitrogen and oxygen atoms in total. The van der Waals surface area contributed by atoms with Crippen molar-refractivity contribution >= 4 is 28.4 Å². The van der Waals surface area contributed by atoms with E-state index < -0.39 is 5.41 Å². The van der Waals surface area contributed by atoms with Crippen molar-refractivity contribution in [3.8, 4) is 5.75 Å². The number of carbonyl (C=O) groups excluding carboxylic acids is 2. The molecule has 3 aromatic rings. The first-order valence-corrected chi connectivity index (χ1v) is 10.0. The quantitative estimate of drug-likeness (QED) is 0.570. The Morgan fingerprint density at radius 3 is 2.60 bits per heavy atom. The molecular weight excluding hydrogens is 378 g/mol. The van der Waals surface area contributed by atoms with Crippen molar-refractivity contribution in [2.75, 3.05) is 18.5 Å². The minimum absolute atomic E-state index is 0.0971. The van der Waals surface area contributed by atoms with Gasteiger partial charge >= 0.3 is 0 Å². The lowest BCUT2D eigenvalue weighted by molar-refractivity contribution is -0.123. The van der Waals surface area contributed by atoms with Crippen LogP contribution in [0.5, 0.6) is 5.75 Å². The molecule has 0 aliphatic rings. The molecule has 156 valence electrons. The average molecular weight is 405 g/mol. The molecule has 1 heterocycles. The molecule has 0 aliphatic carbocycles. The van der Waals surface area contributed by atoms with Crippen LogP contribution >= 0.6 is 0 Å². The maximum absolute atomic E-state index is 12.4. The normalized spacial score (nSPS) is 11.2. The molecule has 0 unspecified atom stereocenters. The maximum Gasteiger partial charge on any atom is 0.251 e. The van der Waals surface area contributed by atoms with E-state index in [-0.39, 0.29) is 11.8 Å². The van der Waals surface area contributed by atoms with E-state index in [1.807, 2.05) is 51.1 Å². The molecule has 0 saturated heterocycles. The Morgan fingerprint density at radius 2 is 1.80 bits per heavy atom. The number of ether oxygens (including phenoxy) is 1. The van der Waals surface area contributed by atoms with E-state index in [1.165, 1.54) is 0 Å². The average Bonchev–Trinajstić information content (AvgIpc) is 2.73. The van der Waals surface area contributed by atoms with Crippen molar-refractivity contribution in [3.05, 3.63) is 66.4 Å². The number of fused-ring (bicyclic) bond motifs is 1. The Labute approximate surface area is 176 Å². The van der Waals surface area contributed by atoms with Gasteiger partial charge in [0.05, 0.1) is 6.61 Å². The van der Waals surface area contributed by atoms with Gasteiger partial charge in [-0.3, -0.25) is 14.6 Å². The van der Waals surface area contributed by atoms with Gasteiger partial charge in [-0.1, -0.05) is 45.0 Å². The number of aromatic nitrogens is 1. The molecule has 2 N–H and O–H groups in total. The second-order valence-corrected chi connectivity index (χ2v) is 8.07. The molecular formula is C24H27N3O3. The molecule has 0 aliphatic heterocycles. The van der Waals surface area contributed by atoms with E-state index in [4.69, 9.17) is 4.74 Å². The van der Waals surface area contributed by atoms with Crippen LogP contribution in [0, 0.1) is 5.41 Å². The molecule has 2 amide bonds. The Morgan fingerprint density at radius 1 is 1.03 bits per heavy atom. The zero-order valence-electron chi connectivity index (χ0n) is 17.6. The van der Waals surface area contributed by atoms with Crippen molar-refractivity contribution in [2.24, 2.45) is 5.41 Å². The molecule has 2 aromatic carbocycles. The van der Waals surface area contributed by atoms with E-state index in [9.17, 15) is 9.59 Å². The third-order valence-electron chi connectivity index (χ3n) is 4.52. The highest BCUT2D eigenvalue weighted by Gasteiger charge is 2.21. The lowest BCUT2D eigenvalue weighted by Crippen LogP contribution is -2.28. The fourth-order valence-electron chi connectivity index (χ4n) is 2.81. The molecule has 0 saturated carbocycles. The second-order valence-electron chi connectivity index (χ2n) is 8.07. The number of rotatable bonds is 7. The Hall–Kier alpha value is -3.41. The van der Waals surface area contributed by atoms with Crippen LogP contribution < -0.4 is 15.4 Å². The van der Waals surface area contributed by atoms with Gasteiger partial charge in [-0.15, -0.1) is 0 Å². The highest BCUT2D eigenvalue weighted by atomic mass is 16.5. The van der Waals surface area contributed by atoms with Gasteiger partial charge in [0.2, 0.25) is 5.91 Å². The lowest BCUT2D eigenvalue weighted by Gasteiger charge is -2.18. The van der Waals surface area contributed by atoms with Gasteiger partial charge in [0.15, 0.2) is 0 Å².